The highest BCUT2D eigenvalue weighted by molar-refractivity contribution is 7.15. The smallest absolute Gasteiger partial charge is 0.124 e. The first-order valence-corrected chi connectivity index (χ1v) is 7.10. The van der Waals surface area contributed by atoms with Crippen molar-refractivity contribution in [1.29, 1.82) is 0 Å². The number of nitrogens with zero attached hydrogens (tertiary/aromatic N) is 1. The summed E-state index contributed by atoms with van der Waals surface area (Å²) >= 11 is 1.63. The number of aromatic nitrogens is 1. The Morgan fingerprint density at radius 3 is 2.70 bits per heavy atom. The fraction of sp³-hybridized carbons (Fsp3) is 0.0625. The van der Waals surface area contributed by atoms with Gasteiger partial charge in [-0.25, -0.2) is 9.37 Å². The van der Waals surface area contributed by atoms with Crippen LogP contribution >= 0.6 is 11.3 Å². The van der Waals surface area contributed by atoms with Gasteiger partial charge in [-0.3, -0.25) is 0 Å². The number of hydrogen-bond acceptors (Lipinski definition) is 3. The van der Waals surface area contributed by atoms with Gasteiger partial charge in [-0.05, 0) is 48.0 Å². The van der Waals surface area contributed by atoms with E-state index in [1.54, 1.807) is 35.6 Å². The van der Waals surface area contributed by atoms with Gasteiger partial charge >= 0.3 is 0 Å². The topological polar surface area (TPSA) is 33.1 Å². The molecule has 0 unspecified atom stereocenters. The van der Waals surface area contributed by atoms with E-state index < -0.39 is 0 Å². The Hall–Kier alpha value is -2.20. The second kappa shape index (κ2) is 4.15. The summed E-state index contributed by atoms with van der Waals surface area (Å²) in [5.74, 6) is 0.0522. The van der Waals surface area contributed by atoms with E-state index in [0.717, 1.165) is 33.8 Å². The van der Waals surface area contributed by atoms with Crippen molar-refractivity contribution in [3.05, 3.63) is 58.7 Å². The highest BCUT2D eigenvalue weighted by Gasteiger charge is 2.24. The van der Waals surface area contributed by atoms with Gasteiger partial charge in [0.05, 0.1) is 5.69 Å². The Labute approximate surface area is 119 Å². The molecular formula is C16H10FNOS. The zero-order chi connectivity index (χ0) is 13.7. The van der Waals surface area contributed by atoms with Crippen LogP contribution in [-0.4, -0.2) is 10.1 Å². The molecule has 1 aromatic heterocycles. The standard InChI is InChI=1S/C16H10FNOS/c17-11-3-6-13-10(7-11)8-14-15(13)18-16(20-14)9-1-4-12(19)5-2-9/h1-7,19H,8H2. The molecule has 98 valence electrons. The zero-order valence-corrected chi connectivity index (χ0v) is 11.2. The van der Waals surface area contributed by atoms with Crippen LogP contribution in [0.5, 0.6) is 5.75 Å². The third kappa shape index (κ3) is 1.72. The molecule has 0 spiro atoms. The first kappa shape index (κ1) is 11.6. The molecule has 0 saturated carbocycles. The molecular weight excluding hydrogens is 273 g/mol. The van der Waals surface area contributed by atoms with E-state index in [9.17, 15) is 9.50 Å². The quantitative estimate of drug-likeness (QED) is 0.567. The summed E-state index contributed by atoms with van der Waals surface area (Å²) < 4.78 is 13.2. The van der Waals surface area contributed by atoms with Crippen molar-refractivity contribution >= 4 is 11.3 Å². The molecule has 1 heterocycles. The van der Waals surface area contributed by atoms with E-state index in [0.29, 0.717) is 0 Å². The molecule has 1 aliphatic carbocycles. The van der Waals surface area contributed by atoms with E-state index in [-0.39, 0.29) is 11.6 Å². The molecule has 1 aliphatic rings. The molecule has 0 amide bonds. The van der Waals surface area contributed by atoms with Gasteiger partial charge in [-0.2, -0.15) is 0 Å². The molecule has 0 bridgehead atoms. The van der Waals surface area contributed by atoms with Crippen LogP contribution in [0.1, 0.15) is 10.4 Å². The summed E-state index contributed by atoms with van der Waals surface area (Å²) in [6, 6.07) is 11.9. The van der Waals surface area contributed by atoms with Crippen molar-refractivity contribution < 1.29 is 9.50 Å². The van der Waals surface area contributed by atoms with Crippen LogP contribution < -0.4 is 0 Å². The Balaban J connectivity index is 1.80. The van der Waals surface area contributed by atoms with Crippen LogP contribution in [0.2, 0.25) is 0 Å². The van der Waals surface area contributed by atoms with Gasteiger partial charge in [-0.15, -0.1) is 11.3 Å². The van der Waals surface area contributed by atoms with E-state index in [2.05, 4.69) is 4.98 Å². The summed E-state index contributed by atoms with van der Waals surface area (Å²) in [6.45, 7) is 0. The SMILES string of the molecule is Oc1ccc(-c2nc3c(s2)Cc2cc(F)ccc2-3)cc1. The summed E-state index contributed by atoms with van der Waals surface area (Å²) in [5, 5.41) is 10.3. The minimum Gasteiger partial charge on any atom is -0.508 e. The van der Waals surface area contributed by atoms with Crippen LogP contribution in [0.25, 0.3) is 21.8 Å². The number of thiazole rings is 1. The third-order valence-electron chi connectivity index (χ3n) is 3.49. The van der Waals surface area contributed by atoms with Crippen molar-refractivity contribution in [3.63, 3.8) is 0 Å². The average Bonchev–Trinajstić information content (AvgIpc) is 2.96. The highest BCUT2D eigenvalue weighted by atomic mass is 32.1. The molecule has 1 N–H and O–H groups in total. The number of fused-ring (bicyclic) bond motifs is 3. The van der Waals surface area contributed by atoms with Crippen LogP contribution in [-0.2, 0) is 6.42 Å². The number of phenolic OH excluding ortho intramolecular Hbond substituents is 1. The molecule has 2 aromatic carbocycles. The van der Waals surface area contributed by atoms with E-state index in [1.807, 2.05) is 12.1 Å². The van der Waals surface area contributed by atoms with E-state index >= 15 is 0 Å². The lowest BCUT2D eigenvalue weighted by Gasteiger charge is -2.00. The van der Waals surface area contributed by atoms with Crippen molar-refractivity contribution in [2.45, 2.75) is 6.42 Å². The maximum Gasteiger partial charge on any atom is 0.124 e. The maximum absolute atomic E-state index is 13.2. The highest BCUT2D eigenvalue weighted by Crippen LogP contribution is 2.42. The lowest BCUT2D eigenvalue weighted by molar-refractivity contribution is 0.475. The molecule has 4 rings (SSSR count). The first-order valence-electron chi connectivity index (χ1n) is 6.28. The van der Waals surface area contributed by atoms with Crippen molar-refractivity contribution in [2.75, 3.05) is 0 Å². The van der Waals surface area contributed by atoms with E-state index in [1.165, 1.54) is 10.9 Å². The summed E-state index contributed by atoms with van der Waals surface area (Å²) in [7, 11) is 0. The number of halogens is 1. The van der Waals surface area contributed by atoms with Crippen LogP contribution in [0.15, 0.2) is 42.5 Å². The number of aromatic hydroxyl groups is 1. The molecule has 0 saturated heterocycles. The largest absolute Gasteiger partial charge is 0.508 e. The average molecular weight is 283 g/mol. The molecule has 0 atom stereocenters. The number of rotatable bonds is 1. The van der Waals surface area contributed by atoms with Gasteiger partial charge in [0.1, 0.15) is 16.6 Å². The predicted octanol–water partition coefficient (Wildman–Crippen LogP) is 4.23. The minimum atomic E-state index is -0.197. The van der Waals surface area contributed by atoms with Crippen LogP contribution in [0.4, 0.5) is 4.39 Å². The Morgan fingerprint density at radius 1 is 1.10 bits per heavy atom. The monoisotopic (exact) mass is 283 g/mol. The molecule has 0 fully saturated rings. The van der Waals surface area contributed by atoms with Crippen molar-refractivity contribution in [1.82, 2.24) is 4.98 Å². The molecule has 20 heavy (non-hydrogen) atoms. The maximum atomic E-state index is 13.2. The summed E-state index contributed by atoms with van der Waals surface area (Å²) in [5.41, 5.74) is 4.00. The minimum absolute atomic E-state index is 0.197. The van der Waals surface area contributed by atoms with Crippen molar-refractivity contribution in [3.8, 4) is 27.6 Å². The van der Waals surface area contributed by atoms with Gasteiger partial charge in [0.2, 0.25) is 0 Å². The normalized spacial score (nSPS) is 12.2. The second-order valence-corrected chi connectivity index (χ2v) is 5.90. The molecule has 0 radical (unpaired) electrons. The summed E-state index contributed by atoms with van der Waals surface area (Å²) in [6.07, 6.45) is 0.748. The van der Waals surface area contributed by atoms with Gasteiger partial charge in [0.25, 0.3) is 0 Å². The fourth-order valence-electron chi connectivity index (χ4n) is 2.52. The fourth-order valence-corrected chi connectivity index (χ4v) is 3.63. The first-order chi connectivity index (χ1) is 9.70. The molecule has 0 aliphatic heterocycles. The van der Waals surface area contributed by atoms with Crippen molar-refractivity contribution in [2.24, 2.45) is 0 Å². The molecule has 2 nitrogen and oxygen atoms in total. The van der Waals surface area contributed by atoms with Gasteiger partial charge in [0, 0.05) is 22.4 Å². The summed E-state index contributed by atoms with van der Waals surface area (Å²) in [4.78, 5) is 5.85. The molecule has 3 aromatic rings. The van der Waals surface area contributed by atoms with E-state index in [4.69, 9.17) is 0 Å². The Kier molecular flexibility index (Phi) is 2.41. The Bertz CT molecular complexity index is 808. The zero-order valence-electron chi connectivity index (χ0n) is 10.4. The van der Waals surface area contributed by atoms with Gasteiger partial charge in [-0.1, -0.05) is 0 Å². The third-order valence-corrected chi connectivity index (χ3v) is 4.59. The predicted molar refractivity (Wildman–Crippen MR) is 77.4 cm³/mol. The molecule has 4 heteroatoms. The van der Waals surface area contributed by atoms with Gasteiger partial charge < -0.3 is 5.11 Å². The van der Waals surface area contributed by atoms with Crippen LogP contribution in [0.3, 0.4) is 0 Å². The lowest BCUT2D eigenvalue weighted by atomic mass is 10.1. The number of phenols is 1. The second-order valence-electron chi connectivity index (χ2n) is 4.82. The Morgan fingerprint density at radius 2 is 1.90 bits per heavy atom. The van der Waals surface area contributed by atoms with Crippen LogP contribution in [0, 0.1) is 5.82 Å². The number of hydrogen-bond donors (Lipinski definition) is 1. The van der Waals surface area contributed by atoms with Gasteiger partial charge in [0.15, 0.2) is 0 Å². The lowest BCUT2D eigenvalue weighted by Crippen LogP contribution is -1.84. The number of benzene rings is 2.